The van der Waals surface area contributed by atoms with Crippen LogP contribution in [-0.4, -0.2) is 86.0 Å². The normalized spacial score (nSPS) is 11.9. The summed E-state index contributed by atoms with van der Waals surface area (Å²) in [6, 6.07) is 25.6. The summed E-state index contributed by atoms with van der Waals surface area (Å²) in [5, 5.41) is 5.17. The smallest absolute Gasteiger partial charge is 0.408 e. The van der Waals surface area contributed by atoms with Crippen molar-refractivity contribution in [2.24, 2.45) is 0 Å². The first-order chi connectivity index (χ1) is 30.5. The fourth-order valence-electron chi connectivity index (χ4n) is 5.55. The largest absolute Gasteiger partial charge is 0.493 e. The average molecular weight is 899 g/mol. The number of benzene rings is 4. The van der Waals surface area contributed by atoms with E-state index >= 15 is 0 Å². The zero-order valence-electron chi connectivity index (χ0n) is 35.4. The Balaban J connectivity index is 1.30. The lowest BCUT2D eigenvalue weighted by Crippen LogP contribution is -2.43. The van der Waals surface area contributed by atoms with Crippen LogP contribution >= 0.6 is 23.5 Å². The number of allylic oxidation sites excluding steroid dienone is 2. The summed E-state index contributed by atoms with van der Waals surface area (Å²) in [5.74, 6) is -0.583. The minimum absolute atomic E-state index is 0.0391. The van der Waals surface area contributed by atoms with E-state index in [1.165, 1.54) is 74.2 Å². The van der Waals surface area contributed by atoms with Gasteiger partial charge in [0.05, 0.1) is 20.6 Å². The molecule has 4 rings (SSSR count). The number of thioether (sulfide) groups is 2. The van der Waals surface area contributed by atoms with Crippen molar-refractivity contribution in [2.75, 3.05) is 38.2 Å². The lowest BCUT2D eigenvalue weighted by Gasteiger charge is -2.18. The van der Waals surface area contributed by atoms with Crippen molar-refractivity contribution in [1.82, 2.24) is 10.6 Å². The van der Waals surface area contributed by atoms with E-state index in [2.05, 4.69) is 10.6 Å². The molecule has 14 nitrogen and oxygen atoms in total. The molecule has 0 aromatic heterocycles. The molecule has 0 saturated carbocycles. The number of carbonyl (C=O) groups is 6. The van der Waals surface area contributed by atoms with E-state index in [4.69, 9.17) is 28.4 Å². The minimum atomic E-state index is -0.985. The molecule has 0 aliphatic heterocycles. The second-order valence-corrected chi connectivity index (χ2v) is 15.5. The summed E-state index contributed by atoms with van der Waals surface area (Å²) in [6.07, 6.45) is 7.93. The second kappa shape index (κ2) is 26.7. The summed E-state index contributed by atoms with van der Waals surface area (Å²) < 4.78 is 32.7. The zero-order chi connectivity index (χ0) is 45.4. The number of ether oxygens (including phenoxy) is 6. The van der Waals surface area contributed by atoms with Gasteiger partial charge in [-0.15, -0.1) is 0 Å². The maximum atomic E-state index is 13.2. The Morgan fingerprint density at radius 1 is 0.556 bits per heavy atom. The molecule has 0 saturated heterocycles. The van der Waals surface area contributed by atoms with Gasteiger partial charge in [0.25, 0.3) is 0 Å². The molecule has 0 unspecified atom stereocenters. The molecule has 332 valence electrons. The predicted molar refractivity (Wildman–Crippen MR) is 243 cm³/mol. The molecular formula is C47H50N2O12S2. The Hall–Kier alpha value is -6.52. The molecule has 4 aromatic rings. The number of amides is 2. The number of alkyl carbamates (subject to hydrolysis) is 2. The Morgan fingerprint density at radius 2 is 0.952 bits per heavy atom. The second-order valence-electron chi connectivity index (χ2n) is 13.5. The van der Waals surface area contributed by atoms with E-state index in [1.54, 1.807) is 24.3 Å². The molecule has 2 amide bonds. The highest BCUT2D eigenvalue weighted by Gasteiger charge is 2.26. The van der Waals surface area contributed by atoms with E-state index in [-0.39, 0.29) is 36.2 Å². The molecule has 0 spiro atoms. The molecule has 4 aromatic carbocycles. The zero-order valence-corrected chi connectivity index (χ0v) is 37.0. The summed E-state index contributed by atoms with van der Waals surface area (Å²) in [4.78, 5) is 76.8. The van der Waals surface area contributed by atoms with Crippen molar-refractivity contribution in [3.8, 4) is 23.0 Å². The van der Waals surface area contributed by atoms with Gasteiger partial charge in [0.15, 0.2) is 34.6 Å². The van der Waals surface area contributed by atoms with Crippen molar-refractivity contribution < 1.29 is 57.2 Å². The van der Waals surface area contributed by atoms with Crippen LogP contribution in [0.4, 0.5) is 9.59 Å². The van der Waals surface area contributed by atoms with Gasteiger partial charge in [0.2, 0.25) is 0 Å². The topological polar surface area (TPSA) is 182 Å². The van der Waals surface area contributed by atoms with Crippen LogP contribution in [0.3, 0.4) is 0 Å². The fourth-order valence-corrected chi connectivity index (χ4v) is 6.50. The lowest BCUT2D eigenvalue weighted by molar-refractivity contribution is -0.137. The van der Waals surface area contributed by atoms with Crippen LogP contribution in [0.5, 0.6) is 23.0 Å². The van der Waals surface area contributed by atoms with Gasteiger partial charge >= 0.3 is 24.1 Å². The number of methoxy groups -OCH3 is 2. The van der Waals surface area contributed by atoms with Crippen LogP contribution in [-0.2, 0) is 41.9 Å². The monoisotopic (exact) mass is 898 g/mol. The molecule has 0 heterocycles. The maximum absolute atomic E-state index is 13.2. The number of hydrogen-bond donors (Lipinski definition) is 2. The van der Waals surface area contributed by atoms with Gasteiger partial charge in [-0.05, 0) is 95.5 Å². The Kier molecular flexibility index (Phi) is 20.9. The first kappa shape index (κ1) is 49.1. The quantitative estimate of drug-likeness (QED) is 0.0300. The number of nitrogens with one attached hydrogen (secondary N) is 2. The van der Waals surface area contributed by atoms with Crippen molar-refractivity contribution in [3.63, 3.8) is 0 Å². The number of hydrogen-bond acceptors (Lipinski definition) is 14. The van der Waals surface area contributed by atoms with Crippen LogP contribution < -0.4 is 29.6 Å². The van der Waals surface area contributed by atoms with Gasteiger partial charge in [0, 0.05) is 0 Å². The van der Waals surface area contributed by atoms with Crippen LogP contribution in [0.1, 0.15) is 41.5 Å². The molecule has 2 atom stereocenters. The van der Waals surface area contributed by atoms with Gasteiger partial charge in [-0.3, -0.25) is 9.59 Å². The van der Waals surface area contributed by atoms with E-state index in [9.17, 15) is 28.8 Å². The van der Waals surface area contributed by atoms with Gasteiger partial charge in [-0.2, -0.15) is 23.5 Å². The standard InChI is InChI=1S/C47H50N2O12S2/c1-56-42-27-32(17-21-40(42)60-44(52)38(23-25-62-3)48-46(54)58-30-34-11-7-5-8-12-34)15-19-36(50)29-37(51)20-16-33-18-22-41(43(28-33)57-2)61-45(53)39(24-26-63-4)49-47(55)59-31-35-13-9-6-10-14-35/h5-22,27-28,38-39H,23-26,29-31H2,1-4H3,(H,48,54)(H,49,55)/b19-15+,20-16+/t38-,39-/m0/s1. The summed E-state index contributed by atoms with van der Waals surface area (Å²) >= 11 is 3.01. The Bertz CT molecular complexity index is 2060. The fraction of sp³-hybridized carbons (Fsp3) is 0.277. The number of ketones is 2. The first-order valence-electron chi connectivity index (χ1n) is 19.6. The molecule has 2 N–H and O–H groups in total. The highest BCUT2D eigenvalue weighted by molar-refractivity contribution is 7.98. The third-order valence-corrected chi connectivity index (χ3v) is 10.2. The molecule has 0 aliphatic rings. The van der Waals surface area contributed by atoms with Crippen LogP contribution in [0.25, 0.3) is 12.2 Å². The average Bonchev–Trinajstić information content (AvgIpc) is 3.30. The molecular weight excluding hydrogens is 849 g/mol. The van der Waals surface area contributed by atoms with E-state index in [0.29, 0.717) is 35.5 Å². The van der Waals surface area contributed by atoms with Crippen LogP contribution in [0.2, 0.25) is 0 Å². The molecule has 63 heavy (non-hydrogen) atoms. The summed E-state index contributed by atoms with van der Waals surface area (Å²) in [6.45, 7) is 0.0781. The first-order valence-corrected chi connectivity index (χ1v) is 22.4. The molecule has 0 radical (unpaired) electrons. The van der Waals surface area contributed by atoms with Crippen LogP contribution in [0, 0.1) is 0 Å². The minimum Gasteiger partial charge on any atom is -0.493 e. The van der Waals surface area contributed by atoms with Crippen molar-refractivity contribution in [2.45, 2.75) is 44.6 Å². The van der Waals surface area contributed by atoms with Crippen molar-refractivity contribution in [1.29, 1.82) is 0 Å². The molecule has 0 fully saturated rings. The van der Waals surface area contributed by atoms with Crippen molar-refractivity contribution >= 4 is 71.4 Å². The number of rotatable bonds is 24. The molecule has 0 aliphatic carbocycles. The highest BCUT2D eigenvalue weighted by Crippen LogP contribution is 2.30. The lowest BCUT2D eigenvalue weighted by atomic mass is 10.1. The molecule has 0 bridgehead atoms. The van der Waals surface area contributed by atoms with E-state index < -0.39 is 54.2 Å². The summed E-state index contributed by atoms with van der Waals surface area (Å²) in [5.41, 5.74) is 2.66. The van der Waals surface area contributed by atoms with Crippen molar-refractivity contribution in [3.05, 3.63) is 131 Å². The van der Waals surface area contributed by atoms with Gasteiger partial charge in [-0.1, -0.05) is 84.9 Å². The molecule has 16 heteroatoms. The Morgan fingerprint density at radius 3 is 1.32 bits per heavy atom. The van der Waals surface area contributed by atoms with E-state index in [1.807, 2.05) is 73.2 Å². The highest BCUT2D eigenvalue weighted by atomic mass is 32.2. The van der Waals surface area contributed by atoms with Gasteiger partial charge in [-0.25, -0.2) is 19.2 Å². The Labute approximate surface area is 375 Å². The number of carbonyl (C=O) groups excluding carboxylic acids is 6. The number of esters is 2. The van der Waals surface area contributed by atoms with Gasteiger partial charge < -0.3 is 39.1 Å². The third-order valence-electron chi connectivity index (χ3n) is 8.87. The van der Waals surface area contributed by atoms with Crippen LogP contribution in [0.15, 0.2) is 109 Å². The third kappa shape index (κ3) is 17.4. The predicted octanol–water partition coefficient (Wildman–Crippen LogP) is 7.87. The summed E-state index contributed by atoms with van der Waals surface area (Å²) in [7, 11) is 2.79. The maximum Gasteiger partial charge on any atom is 0.408 e. The SMILES string of the molecule is COc1cc(/C=C/C(=O)CC(=O)/C=C/c2ccc(OC(=O)[C@H](CCSC)NC(=O)OCc3ccccc3)c(OC)c2)ccc1OC(=O)[C@H](CCSC)NC(=O)OCc1ccccc1. The van der Waals surface area contributed by atoms with Gasteiger partial charge in [0.1, 0.15) is 25.3 Å². The van der Waals surface area contributed by atoms with E-state index in [0.717, 1.165) is 11.1 Å².